The van der Waals surface area contributed by atoms with Crippen LogP contribution < -0.4 is 15.4 Å². The van der Waals surface area contributed by atoms with Gasteiger partial charge >= 0.3 is 0 Å². The SMILES string of the molecule is CN=C(NCCS(=O)(=O)c1ccccc1)NCc1ccc(C)cc1OC.I. The van der Waals surface area contributed by atoms with Gasteiger partial charge in [0.1, 0.15) is 5.75 Å². The third-order valence-electron chi connectivity index (χ3n) is 3.88. The van der Waals surface area contributed by atoms with Crippen molar-refractivity contribution in [2.75, 3.05) is 26.5 Å². The van der Waals surface area contributed by atoms with Crippen molar-refractivity contribution in [1.82, 2.24) is 10.6 Å². The lowest BCUT2D eigenvalue weighted by molar-refractivity contribution is 0.408. The number of methoxy groups -OCH3 is 1. The fourth-order valence-electron chi connectivity index (χ4n) is 2.45. The molecule has 2 rings (SSSR count). The second-order valence-electron chi connectivity index (χ2n) is 5.80. The molecule has 0 atom stereocenters. The first kappa shape index (κ1) is 23.2. The van der Waals surface area contributed by atoms with Crippen LogP contribution in [0.15, 0.2) is 58.4 Å². The zero-order chi connectivity index (χ0) is 19.0. The van der Waals surface area contributed by atoms with Gasteiger partial charge in [-0.2, -0.15) is 0 Å². The van der Waals surface area contributed by atoms with Gasteiger partial charge < -0.3 is 15.4 Å². The first-order chi connectivity index (χ1) is 12.5. The van der Waals surface area contributed by atoms with E-state index in [4.69, 9.17) is 4.74 Å². The molecule has 0 aliphatic rings. The van der Waals surface area contributed by atoms with Crippen LogP contribution in [-0.2, 0) is 16.4 Å². The third kappa shape index (κ3) is 7.02. The fraction of sp³-hybridized carbons (Fsp3) is 0.316. The number of guanidine groups is 1. The van der Waals surface area contributed by atoms with Crippen molar-refractivity contribution in [2.24, 2.45) is 4.99 Å². The van der Waals surface area contributed by atoms with Gasteiger partial charge in [0.05, 0.1) is 17.8 Å². The number of hydrogen-bond donors (Lipinski definition) is 2. The molecule has 0 heterocycles. The highest BCUT2D eigenvalue weighted by Crippen LogP contribution is 2.19. The van der Waals surface area contributed by atoms with Gasteiger partial charge in [-0.15, -0.1) is 24.0 Å². The second kappa shape index (κ2) is 11.1. The van der Waals surface area contributed by atoms with E-state index in [2.05, 4.69) is 15.6 Å². The van der Waals surface area contributed by atoms with Gasteiger partial charge in [-0.25, -0.2) is 8.42 Å². The predicted molar refractivity (Wildman–Crippen MR) is 120 cm³/mol. The largest absolute Gasteiger partial charge is 0.496 e. The van der Waals surface area contributed by atoms with Crippen LogP contribution in [0.2, 0.25) is 0 Å². The van der Waals surface area contributed by atoms with E-state index in [0.717, 1.165) is 16.9 Å². The van der Waals surface area contributed by atoms with Crippen molar-refractivity contribution >= 4 is 39.8 Å². The molecule has 6 nitrogen and oxygen atoms in total. The molecule has 2 N–H and O–H groups in total. The normalized spacial score (nSPS) is 11.4. The Kier molecular flexibility index (Phi) is 9.57. The Balaban J connectivity index is 0.00000364. The van der Waals surface area contributed by atoms with Crippen molar-refractivity contribution < 1.29 is 13.2 Å². The lowest BCUT2D eigenvalue weighted by Gasteiger charge is -2.14. The molecular weight excluding hydrogens is 477 g/mol. The average molecular weight is 503 g/mol. The number of rotatable bonds is 7. The molecule has 0 aliphatic carbocycles. The van der Waals surface area contributed by atoms with Crippen LogP contribution in [0.5, 0.6) is 5.75 Å². The molecule has 27 heavy (non-hydrogen) atoms. The van der Waals surface area contributed by atoms with E-state index in [9.17, 15) is 8.42 Å². The Labute approximate surface area is 178 Å². The van der Waals surface area contributed by atoms with Crippen LogP contribution in [-0.4, -0.2) is 40.8 Å². The molecular formula is C19H26IN3O3S. The fourth-order valence-corrected chi connectivity index (χ4v) is 3.63. The Morgan fingerprint density at radius 1 is 1.11 bits per heavy atom. The molecule has 0 unspecified atom stereocenters. The van der Waals surface area contributed by atoms with Gasteiger partial charge in [0.15, 0.2) is 15.8 Å². The molecule has 2 aromatic rings. The number of ether oxygens (including phenoxy) is 1. The van der Waals surface area contributed by atoms with Crippen molar-refractivity contribution in [3.8, 4) is 5.75 Å². The molecule has 148 valence electrons. The number of aliphatic imine (C=N–C) groups is 1. The number of benzene rings is 2. The quantitative estimate of drug-likeness (QED) is 0.345. The van der Waals surface area contributed by atoms with Gasteiger partial charge in [-0.05, 0) is 30.7 Å². The maximum atomic E-state index is 12.3. The van der Waals surface area contributed by atoms with Crippen LogP contribution >= 0.6 is 24.0 Å². The first-order valence-electron chi connectivity index (χ1n) is 8.32. The van der Waals surface area contributed by atoms with E-state index in [1.165, 1.54) is 0 Å². The topological polar surface area (TPSA) is 79.8 Å². The van der Waals surface area contributed by atoms with Crippen LogP contribution in [0.3, 0.4) is 0 Å². The number of halogens is 1. The molecule has 0 aromatic heterocycles. The number of sulfone groups is 1. The van der Waals surface area contributed by atoms with E-state index >= 15 is 0 Å². The van der Waals surface area contributed by atoms with Gasteiger partial charge in [0.2, 0.25) is 0 Å². The van der Waals surface area contributed by atoms with Gasteiger partial charge in [0.25, 0.3) is 0 Å². The van der Waals surface area contributed by atoms with Crippen LogP contribution in [0.4, 0.5) is 0 Å². The number of aryl methyl sites for hydroxylation is 1. The lowest BCUT2D eigenvalue weighted by Crippen LogP contribution is -2.39. The zero-order valence-electron chi connectivity index (χ0n) is 15.7. The van der Waals surface area contributed by atoms with E-state index in [1.54, 1.807) is 44.5 Å². The second-order valence-corrected chi connectivity index (χ2v) is 7.91. The highest BCUT2D eigenvalue weighted by molar-refractivity contribution is 14.0. The number of hydrogen-bond acceptors (Lipinski definition) is 4. The summed E-state index contributed by atoms with van der Waals surface area (Å²) in [5.74, 6) is 1.33. The van der Waals surface area contributed by atoms with E-state index < -0.39 is 9.84 Å². The predicted octanol–water partition coefficient (Wildman–Crippen LogP) is 2.76. The van der Waals surface area contributed by atoms with E-state index in [0.29, 0.717) is 17.4 Å². The van der Waals surface area contributed by atoms with E-state index in [1.807, 2.05) is 25.1 Å². The molecule has 8 heteroatoms. The number of nitrogens with one attached hydrogen (secondary N) is 2. The average Bonchev–Trinajstić information content (AvgIpc) is 2.65. The van der Waals surface area contributed by atoms with Crippen molar-refractivity contribution in [1.29, 1.82) is 0 Å². The highest BCUT2D eigenvalue weighted by Gasteiger charge is 2.13. The van der Waals surface area contributed by atoms with E-state index in [-0.39, 0.29) is 36.3 Å². The maximum absolute atomic E-state index is 12.3. The molecule has 0 saturated carbocycles. The Hall–Kier alpha value is -1.81. The summed E-state index contributed by atoms with van der Waals surface area (Å²) in [5, 5.41) is 6.20. The van der Waals surface area contributed by atoms with Gasteiger partial charge in [-0.1, -0.05) is 30.3 Å². The summed E-state index contributed by atoms with van der Waals surface area (Å²) < 4.78 is 29.9. The van der Waals surface area contributed by atoms with Crippen LogP contribution in [0.1, 0.15) is 11.1 Å². The highest BCUT2D eigenvalue weighted by atomic mass is 127. The summed E-state index contributed by atoms with van der Waals surface area (Å²) in [4.78, 5) is 4.46. The summed E-state index contributed by atoms with van der Waals surface area (Å²) in [5.41, 5.74) is 2.12. The lowest BCUT2D eigenvalue weighted by atomic mass is 10.1. The standard InChI is InChI=1S/C19H25N3O3S.HI/c1-15-9-10-16(18(13-15)25-3)14-22-19(20-2)21-11-12-26(23,24)17-7-5-4-6-8-17;/h4-10,13H,11-12,14H2,1-3H3,(H2,20,21,22);1H. The molecule has 0 aliphatic heterocycles. The molecule has 0 radical (unpaired) electrons. The van der Waals surface area contributed by atoms with Crippen molar-refractivity contribution in [2.45, 2.75) is 18.4 Å². The minimum Gasteiger partial charge on any atom is -0.496 e. The Morgan fingerprint density at radius 2 is 1.81 bits per heavy atom. The number of nitrogens with zero attached hydrogens (tertiary/aromatic N) is 1. The van der Waals surface area contributed by atoms with Crippen LogP contribution in [0.25, 0.3) is 0 Å². The maximum Gasteiger partial charge on any atom is 0.191 e. The molecule has 0 spiro atoms. The molecule has 0 bridgehead atoms. The first-order valence-corrected chi connectivity index (χ1v) is 9.97. The van der Waals surface area contributed by atoms with Gasteiger partial charge in [-0.3, -0.25) is 4.99 Å². The summed E-state index contributed by atoms with van der Waals surface area (Å²) in [6.07, 6.45) is 0. The molecule has 0 amide bonds. The van der Waals surface area contributed by atoms with Crippen LogP contribution in [0, 0.1) is 6.92 Å². The van der Waals surface area contributed by atoms with Gasteiger partial charge in [0, 0.05) is 25.7 Å². The van der Waals surface area contributed by atoms with Crippen molar-refractivity contribution in [3.05, 3.63) is 59.7 Å². The third-order valence-corrected chi connectivity index (χ3v) is 5.61. The summed E-state index contributed by atoms with van der Waals surface area (Å²) in [7, 11) is -0.0271. The summed E-state index contributed by atoms with van der Waals surface area (Å²) >= 11 is 0. The van der Waals surface area contributed by atoms with Crippen molar-refractivity contribution in [3.63, 3.8) is 0 Å². The Morgan fingerprint density at radius 3 is 2.44 bits per heavy atom. The summed E-state index contributed by atoms with van der Waals surface area (Å²) in [6.45, 7) is 2.80. The molecule has 0 saturated heterocycles. The molecule has 0 fully saturated rings. The minimum absolute atomic E-state index is 0. The monoisotopic (exact) mass is 503 g/mol. The smallest absolute Gasteiger partial charge is 0.191 e. The summed E-state index contributed by atoms with van der Waals surface area (Å²) in [6, 6.07) is 14.4. The minimum atomic E-state index is -3.31. The molecule has 2 aromatic carbocycles. The zero-order valence-corrected chi connectivity index (χ0v) is 18.9. The Bertz CT molecular complexity index is 856.